The second kappa shape index (κ2) is 6.52. The quantitative estimate of drug-likeness (QED) is 0.639. The summed E-state index contributed by atoms with van der Waals surface area (Å²) < 4.78 is 18.0. The Kier molecular flexibility index (Phi) is 4.32. The van der Waals surface area contributed by atoms with Crippen molar-refractivity contribution in [1.82, 2.24) is 5.16 Å². The average Bonchev–Trinajstić information content (AvgIpc) is 3.18. The van der Waals surface area contributed by atoms with Crippen LogP contribution in [0.3, 0.4) is 0 Å². The van der Waals surface area contributed by atoms with Gasteiger partial charge in [-0.25, -0.2) is 0 Å². The highest BCUT2D eigenvalue weighted by atomic mass is 35.5. The van der Waals surface area contributed by atoms with E-state index in [1.54, 1.807) is 0 Å². The number of rotatable bonds is 3. The molecule has 4 rings (SSSR count). The van der Waals surface area contributed by atoms with Crippen molar-refractivity contribution in [2.45, 2.75) is 31.6 Å². The molecule has 1 aromatic heterocycles. The highest BCUT2D eigenvalue weighted by Gasteiger charge is 2.32. The van der Waals surface area contributed by atoms with Gasteiger partial charge in [-0.05, 0) is 49.2 Å². The molecule has 0 fully saturated rings. The first-order chi connectivity index (χ1) is 12.4. The predicted octanol–water partition coefficient (Wildman–Crippen LogP) is 4.91. The van der Waals surface area contributed by atoms with E-state index in [9.17, 15) is 4.21 Å². The van der Waals surface area contributed by atoms with Crippen LogP contribution in [0.1, 0.15) is 26.0 Å². The molecule has 0 aliphatic carbocycles. The number of oxime groups is 1. The Morgan fingerprint density at radius 2 is 1.88 bits per heavy atom. The second-order valence-electron chi connectivity index (χ2n) is 6.85. The summed E-state index contributed by atoms with van der Waals surface area (Å²) in [5.41, 5.74) is 2.98. The molecule has 0 N–H and O–H groups in total. The van der Waals surface area contributed by atoms with Crippen LogP contribution in [0.15, 0.2) is 52.1 Å². The van der Waals surface area contributed by atoms with Gasteiger partial charge in [-0.1, -0.05) is 40.1 Å². The molecule has 0 radical (unpaired) electrons. The monoisotopic (exact) mass is 388 g/mol. The summed E-state index contributed by atoms with van der Waals surface area (Å²) in [6.07, 6.45) is 0.547. The molecule has 2 heterocycles. The standard InChI is InChI=1S/C19H17ClN2O3S/c1-19(2)10-18(22-25-19)26(23)11-16-15-9-13(5-8-17(15)24-21-16)12-3-6-14(20)7-4-12/h3-9H,10-11H2,1-2H3. The van der Waals surface area contributed by atoms with Gasteiger partial charge < -0.3 is 9.36 Å². The molecule has 0 saturated heterocycles. The number of hydrogen-bond donors (Lipinski definition) is 0. The first kappa shape index (κ1) is 17.2. The van der Waals surface area contributed by atoms with Crippen LogP contribution in [0.4, 0.5) is 0 Å². The van der Waals surface area contributed by atoms with Gasteiger partial charge in [0, 0.05) is 16.8 Å². The van der Waals surface area contributed by atoms with Crippen LogP contribution < -0.4 is 0 Å². The Labute approximate surface area is 158 Å². The molecule has 2 aromatic carbocycles. The Morgan fingerprint density at radius 1 is 1.15 bits per heavy atom. The maximum absolute atomic E-state index is 12.6. The fourth-order valence-electron chi connectivity index (χ4n) is 2.85. The highest BCUT2D eigenvalue weighted by Crippen LogP contribution is 2.29. The molecule has 3 aromatic rings. The summed E-state index contributed by atoms with van der Waals surface area (Å²) >= 11 is 5.96. The van der Waals surface area contributed by atoms with Crippen LogP contribution in [0, 0.1) is 0 Å². The molecule has 134 valence electrons. The topological polar surface area (TPSA) is 64.7 Å². The largest absolute Gasteiger partial charge is 0.389 e. The van der Waals surface area contributed by atoms with Crippen molar-refractivity contribution in [2.75, 3.05) is 0 Å². The van der Waals surface area contributed by atoms with Crippen molar-refractivity contribution in [3.8, 4) is 11.1 Å². The van der Waals surface area contributed by atoms with E-state index in [1.807, 2.05) is 56.3 Å². The average molecular weight is 389 g/mol. The third kappa shape index (κ3) is 3.39. The van der Waals surface area contributed by atoms with Gasteiger partial charge in [0.05, 0.1) is 16.6 Å². The van der Waals surface area contributed by atoms with Crippen molar-refractivity contribution in [1.29, 1.82) is 0 Å². The van der Waals surface area contributed by atoms with E-state index in [4.69, 9.17) is 21.0 Å². The van der Waals surface area contributed by atoms with Gasteiger partial charge in [0.25, 0.3) is 0 Å². The Balaban J connectivity index is 1.63. The number of benzene rings is 2. The fourth-order valence-corrected chi connectivity index (χ4v) is 4.23. The van der Waals surface area contributed by atoms with Gasteiger partial charge in [0.15, 0.2) is 5.58 Å². The number of halogens is 1. The molecule has 1 atom stereocenters. The third-order valence-corrected chi connectivity index (χ3v) is 5.76. The summed E-state index contributed by atoms with van der Waals surface area (Å²) in [5, 5.41) is 10.2. The van der Waals surface area contributed by atoms with Crippen LogP contribution in [0.2, 0.25) is 5.02 Å². The zero-order chi connectivity index (χ0) is 18.3. The van der Waals surface area contributed by atoms with Gasteiger partial charge in [0.1, 0.15) is 16.3 Å². The summed E-state index contributed by atoms with van der Waals surface area (Å²) in [6.45, 7) is 3.84. The molecule has 1 aliphatic heterocycles. The first-order valence-corrected chi connectivity index (χ1v) is 9.89. The lowest BCUT2D eigenvalue weighted by Crippen LogP contribution is -2.20. The van der Waals surface area contributed by atoms with Crippen molar-refractivity contribution in [2.24, 2.45) is 5.16 Å². The van der Waals surface area contributed by atoms with E-state index < -0.39 is 16.4 Å². The SMILES string of the molecule is CC1(C)CC(S(=O)Cc2noc3ccc(-c4ccc(Cl)cc4)cc23)=NO1. The Morgan fingerprint density at radius 3 is 2.58 bits per heavy atom. The lowest BCUT2D eigenvalue weighted by molar-refractivity contribution is 0.0123. The summed E-state index contributed by atoms with van der Waals surface area (Å²) in [5.74, 6) is 0.245. The van der Waals surface area contributed by atoms with Crippen LogP contribution in [0.25, 0.3) is 22.1 Å². The van der Waals surface area contributed by atoms with Gasteiger partial charge in [0.2, 0.25) is 0 Å². The first-order valence-electron chi connectivity index (χ1n) is 8.19. The van der Waals surface area contributed by atoms with E-state index in [-0.39, 0.29) is 5.75 Å². The summed E-state index contributed by atoms with van der Waals surface area (Å²) in [7, 11) is -1.30. The maximum Gasteiger partial charge on any atom is 0.167 e. The Hall–Kier alpha value is -2.18. The minimum absolute atomic E-state index is 0.245. The van der Waals surface area contributed by atoms with Crippen LogP contribution in [0.5, 0.6) is 0 Å². The van der Waals surface area contributed by atoms with E-state index in [0.717, 1.165) is 16.5 Å². The number of nitrogens with zero attached hydrogens (tertiary/aromatic N) is 2. The van der Waals surface area contributed by atoms with Crippen LogP contribution in [-0.4, -0.2) is 20.0 Å². The van der Waals surface area contributed by atoms with E-state index >= 15 is 0 Å². The normalized spacial score (nSPS) is 17.1. The number of aromatic nitrogens is 1. The molecule has 0 bridgehead atoms. The molecule has 0 spiro atoms. The molecule has 1 unspecified atom stereocenters. The van der Waals surface area contributed by atoms with Crippen LogP contribution >= 0.6 is 11.6 Å². The van der Waals surface area contributed by atoms with Gasteiger partial charge >= 0.3 is 0 Å². The van der Waals surface area contributed by atoms with Crippen molar-refractivity contribution in [3.63, 3.8) is 0 Å². The van der Waals surface area contributed by atoms with Gasteiger partial charge in [-0.15, -0.1) is 0 Å². The van der Waals surface area contributed by atoms with Gasteiger partial charge in [-0.3, -0.25) is 4.21 Å². The predicted molar refractivity (Wildman–Crippen MR) is 104 cm³/mol. The van der Waals surface area contributed by atoms with E-state index in [0.29, 0.717) is 27.8 Å². The molecule has 1 aliphatic rings. The summed E-state index contributed by atoms with van der Waals surface area (Å²) in [6, 6.07) is 13.5. The highest BCUT2D eigenvalue weighted by molar-refractivity contribution is 7.99. The molecule has 5 nitrogen and oxygen atoms in total. The lowest BCUT2D eigenvalue weighted by Gasteiger charge is -2.12. The molecule has 7 heteroatoms. The van der Waals surface area contributed by atoms with Crippen molar-refractivity contribution < 1.29 is 13.6 Å². The zero-order valence-corrected chi connectivity index (χ0v) is 15.9. The molecular formula is C19H17ClN2O3S. The van der Waals surface area contributed by atoms with Crippen LogP contribution in [-0.2, 0) is 21.4 Å². The zero-order valence-electron chi connectivity index (χ0n) is 14.4. The summed E-state index contributed by atoms with van der Waals surface area (Å²) in [4.78, 5) is 5.31. The maximum atomic E-state index is 12.6. The smallest absolute Gasteiger partial charge is 0.167 e. The molecular weight excluding hydrogens is 372 g/mol. The van der Waals surface area contributed by atoms with E-state index in [1.165, 1.54) is 0 Å². The van der Waals surface area contributed by atoms with Gasteiger partial charge in [-0.2, -0.15) is 0 Å². The van der Waals surface area contributed by atoms with Crippen molar-refractivity contribution >= 4 is 38.4 Å². The third-order valence-electron chi connectivity index (χ3n) is 4.22. The second-order valence-corrected chi connectivity index (χ2v) is 8.74. The molecule has 0 amide bonds. The Bertz CT molecular complexity index is 1020. The molecule has 26 heavy (non-hydrogen) atoms. The van der Waals surface area contributed by atoms with E-state index in [2.05, 4.69) is 10.3 Å². The van der Waals surface area contributed by atoms with Crippen molar-refractivity contribution in [3.05, 3.63) is 53.2 Å². The minimum Gasteiger partial charge on any atom is -0.389 e. The lowest BCUT2D eigenvalue weighted by atomic mass is 10.0. The minimum atomic E-state index is -1.30. The number of fused-ring (bicyclic) bond motifs is 1. The fraction of sp³-hybridized carbons (Fsp3) is 0.263. The molecule has 0 saturated carbocycles. The number of hydrogen-bond acceptors (Lipinski definition) is 5.